The van der Waals surface area contributed by atoms with Crippen LogP contribution in [0.25, 0.3) is 0 Å². The molecule has 2 aliphatic heterocycles. The smallest absolute Gasteiger partial charge is 0.146 e. The Morgan fingerprint density at radius 1 is 1.37 bits per heavy atom. The van der Waals surface area contributed by atoms with Gasteiger partial charge in [0.1, 0.15) is 5.82 Å². The Kier molecular flexibility index (Phi) is 3.68. The lowest BCUT2D eigenvalue weighted by molar-refractivity contribution is 0.202. The monoisotopic (exact) mass is 282 g/mol. The molecule has 2 unspecified atom stereocenters. The third-order valence-corrected chi connectivity index (χ3v) is 4.72. The van der Waals surface area contributed by atoms with Gasteiger partial charge in [0.05, 0.1) is 5.69 Å². The van der Waals surface area contributed by atoms with E-state index >= 15 is 0 Å². The molecule has 0 aliphatic carbocycles. The first kappa shape index (κ1) is 13.2. The molecule has 2 atom stereocenters. The van der Waals surface area contributed by atoms with Crippen molar-refractivity contribution in [3.05, 3.63) is 29.6 Å². The average molecular weight is 283 g/mol. The minimum Gasteiger partial charge on any atom is -0.364 e. The molecule has 0 bridgehead atoms. The van der Waals surface area contributed by atoms with Gasteiger partial charge >= 0.3 is 0 Å². The van der Waals surface area contributed by atoms with Crippen molar-refractivity contribution >= 4 is 17.3 Å². The first-order chi connectivity index (χ1) is 9.19. The van der Waals surface area contributed by atoms with Gasteiger partial charge in [0.15, 0.2) is 0 Å². The van der Waals surface area contributed by atoms with E-state index in [1.807, 2.05) is 12.1 Å². The Balaban J connectivity index is 1.84. The summed E-state index contributed by atoms with van der Waals surface area (Å²) in [5.41, 5.74) is 1.57. The predicted octanol–water partition coefficient (Wildman–Crippen LogP) is 3.24. The standard InChI is InChI=1S/C15H20ClFN2/c1-11-9-18-6-2-3-13(18)10-19(11)15-5-4-12(8-16)7-14(15)17/h4-5,7,11,13H,2-3,6,8-10H2,1H3. The van der Waals surface area contributed by atoms with Crippen molar-refractivity contribution in [1.29, 1.82) is 0 Å². The number of hydrogen-bond acceptors (Lipinski definition) is 2. The molecule has 2 aliphatic rings. The van der Waals surface area contributed by atoms with Gasteiger partial charge in [-0.15, -0.1) is 11.6 Å². The first-order valence-electron chi connectivity index (χ1n) is 7.04. The summed E-state index contributed by atoms with van der Waals surface area (Å²) in [6, 6.07) is 6.35. The minimum absolute atomic E-state index is 0.142. The zero-order chi connectivity index (χ0) is 13.4. The van der Waals surface area contributed by atoms with Crippen molar-refractivity contribution in [3.63, 3.8) is 0 Å². The molecule has 0 radical (unpaired) electrons. The van der Waals surface area contributed by atoms with Crippen LogP contribution in [0, 0.1) is 5.82 Å². The quantitative estimate of drug-likeness (QED) is 0.769. The van der Waals surface area contributed by atoms with E-state index in [4.69, 9.17) is 11.6 Å². The molecule has 2 saturated heterocycles. The van der Waals surface area contributed by atoms with Gasteiger partial charge in [-0.05, 0) is 44.0 Å². The molecule has 4 heteroatoms. The van der Waals surface area contributed by atoms with Gasteiger partial charge in [-0.3, -0.25) is 4.90 Å². The highest BCUT2D eigenvalue weighted by atomic mass is 35.5. The van der Waals surface area contributed by atoms with Crippen molar-refractivity contribution in [1.82, 2.24) is 4.90 Å². The van der Waals surface area contributed by atoms with E-state index in [2.05, 4.69) is 16.7 Å². The van der Waals surface area contributed by atoms with Crippen LogP contribution in [0.2, 0.25) is 0 Å². The number of rotatable bonds is 2. The number of anilines is 1. The average Bonchev–Trinajstić information content (AvgIpc) is 2.85. The number of halogens is 2. The van der Waals surface area contributed by atoms with Crippen LogP contribution in [-0.4, -0.2) is 36.6 Å². The summed E-state index contributed by atoms with van der Waals surface area (Å²) in [6.07, 6.45) is 2.52. The van der Waals surface area contributed by atoms with Crippen LogP contribution in [0.4, 0.5) is 10.1 Å². The molecule has 0 aromatic heterocycles. The summed E-state index contributed by atoms with van der Waals surface area (Å²) in [7, 11) is 0. The van der Waals surface area contributed by atoms with E-state index in [9.17, 15) is 4.39 Å². The Morgan fingerprint density at radius 3 is 2.95 bits per heavy atom. The highest BCUT2D eigenvalue weighted by Gasteiger charge is 2.35. The lowest BCUT2D eigenvalue weighted by Crippen LogP contribution is -2.55. The maximum atomic E-state index is 14.2. The van der Waals surface area contributed by atoms with Crippen LogP contribution >= 0.6 is 11.6 Å². The summed E-state index contributed by atoms with van der Waals surface area (Å²) in [4.78, 5) is 4.77. The van der Waals surface area contributed by atoms with E-state index in [1.54, 1.807) is 6.07 Å². The van der Waals surface area contributed by atoms with Crippen molar-refractivity contribution in [2.45, 2.75) is 37.7 Å². The van der Waals surface area contributed by atoms with Crippen LogP contribution < -0.4 is 4.90 Å². The van der Waals surface area contributed by atoms with Crippen LogP contribution in [0.1, 0.15) is 25.3 Å². The lowest BCUT2D eigenvalue weighted by atomic mass is 10.1. The van der Waals surface area contributed by atoms with Gasteiger partial charge in [0.2, 0.25) is 0 Å². The van der Waals surface area contributed by atoms with Crippen LogP contribution in [0.15, 0.2) is 18.2 Å². The van der Waals surface area contributed by atoms with E-state index in [-0.39, 0.29) is 5.82 Å². The minimum atomic E-state index is -0.142. The number of alkyl halides is 1. The fraction of sp³-hybridized carbons (Fsp3) is 0.600. The molecule has 0 saturated carbocycles. The highest BCUT2D eigenvalue weighted by Crippen LogP contribution is 2.30. The fourth-order valence-corrected chi connectivity index (χ4v) is 3.56. The summed E-state index contributed by atoms with van der Waals surface area (Å²) in [5.74, 6) is 0.222. The number of hydrogen-bond donors (Lipinski definition) is 0. The van der Waals surface area contributed by atoms with Gasteiger partial charge in [-0.2, -0.15) is 0 Å². The third kappa shape index (κ3) is 2.46. The first-order valence-corrected chi connectivity index (χ1v) is 7.57. The molecule has 0 amide bonds. The van der Waals surface area contributed by atoms with E-state index in [0.29, 0.717) is 18.0 Å². The fourth-order valence-electron chi connectivity index (χ4n) is 3.39. The van der Waals surface area contributed by atoms with Crippen molar-refractivity contribution in [3.8, 4) is 0 Å². The van der Waals surface area contributed by atoms with Crippen molar-refractivity contribution in [2.24, 2.45) is 0 Å². The van der Waals surface area contributed by atoms with Gasteiger partial charge in [-0.1, -0.05) is 6.07 Å². The van der Waals surface area contributed by atoms with Crippen LogP contribution in [0.3, 0.4) is 0 Å². The molecule has 1 aromatic carbocycles. The van der Waals surface area contributed by atoms with E-state index < -0.39 is 0 Å². The number of benzene rings is 1. The third-order valence-electron chi connectivity index (χ3n) is 4.41. The van der Waals surface area contributed by atoms with Crippen LogP contribution in [-0.2, 0) is 5.88 Å². The Hall–Kier alpha value is -0.800. The topological polar surface area (TPSA) is 6.48 Å². The zero-order valence-electron chi connectivity index (χ0n) is 11.3. The van der Waals surface area contributed by atoms with Gasteiger partial charge < -0.3 is 4.90 Å². The molecular weight excluding hydrogens is 263 g/mol. The highest BCUT2D eigenvalue weighted by molar-refractivity contribution is 6.17. The molecule has 2 nitrogen and oxygen atoms in total. The zero-order valence-corrected chi connectivity index (χ0v) is 12.0. The van der Waals surface area contributed by atoms with Crippen LogP contribution in [0.5, 0.6) is 0 Å². The predicted molar refractivity (Wildman–Crippen MR) is 77.4 cm³/mol. The van der Waals surface area contributed by atoms with Gasteiger partial charge in [0.25, 0.3) is 0 Å². The maximum Gasteiger partial charge on any atom is 0.146 e. The largest absolute Gasteiger partial charge is 0.364 e. The Bertz CT molecular complexity index is 465. The number of nitrogens with zero attached hydrogens (tertiary/aromatic N) is 2. The molecular formula is C15H20ClFN2. The molecule has 104 valence electrons. The normalized spacial score (nSPS) is 27.6. The number of piperazine rings is 1. The molecule has 3 rings (SSSR count). The molecule has 19 heavy (non-hydrogen) atoms. The second-order valence-corrected chi connectivity index (χ2v) is 5.98. The summed E-state index contributed by atoms with van der Waals surface area (Å²) in [6.45, 7) is 5.37. The van der Waals surface area contributed by atoms with Gasteiger partial charge in [0, 0.05) is 31.1 Å². The Labute approximate surface area is 119 Å². The molecule has 2 fully saturated rings. The molecule has 1 aromatic rings. The molecule has 0 spiro atoms. The summed E-state index contributed by atoms with van der Waals surface area (Å²) < 4.78 is 14.2. The van der Waals surface area contributed by atoms with E-state index in [0.717, 1.165) is 24.3 Å². The summed E-state index contributed by atoms with van der Waals surface area (Å²) in [5, 5.41) is 0. The van der Waals surface area contributed by atoms with Crippen molar-refractivity contribution in [2.75, 3.05) is 24.5 Å². The van der Waals surface area contributed by atoms with Gasteiger partial charge in [-0.25, -0.2) is 4.39 Å². The number of fused-ring (bicyclic) bond motifs is 1. The summed E-state index contributed by atoms with van der Waals surface area (Å²) >= 11 is 5.75. The second kappa shape index (κ2) is 5.29. The maximum absolute atomic E-state index is 14.2. The molecule has 0 N–H and O–H groups in total. The van der Waals surface area contributed by atoms with E-state index in [1.165, 1.54) is 19.4 Å². The van der Waals surface area contributed by atoms with Crippen molar-refractivity contribution < 1.29 is 4.39 Å². The molecule has 2 heterocycles. The lowest BCUT2D eigenvalue weighted by Gasteiger charge is -2.43. The SMILES string of the molecule is CC1CN2CCCC2CN1c1ccc(CCl)cc1F. The Morgan fingerprint density at radius 2 is 2.21 bits per heavy atom. The second-order valence-electron chi connectivity index (χ2n) is 5.71.